The monoisotopic (exact) mass is 324 g/mol. The molecule has 1 aromatic heterocycles. The molecule has 1 aromatic carbocycles. The lowest BCUT2D eigenvalue weighted by Crippen LogP contribution is -2.08. The highest BCUT2D eigenvalue weighted by atomic mass is 79.9. The molecule has 0 unspecified atom stereocenters. The second-order valence-electron chi connectivity index (χ2n) is 3.80. The standard InChI is InChI=1S/C13H10BrFN2O2/c1-19-13-5-4-11(16-17-13)12(18)6-8-2-3-9(15)7-10(8)14/h2-5,7H,6H2,1H3. The maximum Gasteiger partial charge on any atom is 0.233 e. The molecule has 0 aliphatic carbocycles. The Bertz CT molecular complexity index is 602. The number of hydrogen-bond donors (Lipinski definition) is 0. The van der Waals surface area contributed by atoms with E-state index in [0.29, 0.717) is 15.9 Å². The Morgan fingerprint density at radius 2 is 2.11 bits per heavy atom. The van der Waals surface area contributed by atoms with Gasteiger partial charge in [-0.25, -0.2) is 4.39 Å². The fourth-order valence-corrected chi connectivity index (χ4v) is 2.00. The molecule has 0 aliphatic heterocycles. The van der Waals surface area contributed by atoms with Crippen LogP contribution < -0.4 is 4.74 Å². The summed E-state index contributed by atoms with van der Waals surface area (Å²) in [6.07, 6.45) is 0.127. The van der Waals surface area contributed by atoms with Crippen LogP contribution in [0, 0.1) is 5.82 Å². The summed E-state index contributed by atoms with van der Waals surface area (Å²) in [4.78, 5) is 12.0. The Kier molecular flexibility index (Phi) is 4.21. The van der Waals surface area contributed by atoms with E-state index >= 15 is 0 Å². The summed E-state index contributed by atoms with van der Waals surface area (Å²) in [5.41, 5.74) is 0.945. The number of ether oxygens (including phenoxy) is 1. The Hall–Kier alpha value is -1.82. The van der Waals surface area contributed by atoms with E-state index in [2.05, 4.69) is 26.1 Å². The average Bonchev–Trinajstić information content (AvgIpc) is 2.42. The predicted molar refractivity (Wildman–Crippen MR) is 70.7 cm³/mol. The van der Waals surface area contributed by atoms with Crippen LogP contribution in [-0.2, 0) is 6.42 Å². The number of nitrogens with zero attached hydrogens (tertiary/aromatic N) is 2. The quantitative estimate of drug-likeness (QED) is 0.811. The van der Waals surface area contributed by atoms with Crippen molar-refractivity contribution in [2.24, 2.45) is 0 Å². The van der Waals surface area contributed by atoms with Gasteiger partial charge in [0.05, 0.1) is 7.11 Å². The summed E-state index contributed by atoms with van der Waals surface area (Å²) >= 11 is 3.22. The number of ketones is 1. The van der Waals surface area contributed by atoms with Crippen LogP contribution >= 0.6 is 15.9 Å². The Balaban J connectivity index is 2.15. The second kappa shape index (κ2) is 5.88. The van der Waals surface area contributed by atoms with Gasteiger partial charge in [-0.05, 0) is 23.8 Å². The number of carbonyl (C=O) groups is 1. The Morgan fingerprint density at radius 3 is 2.68 bits per heavy atom. The van der Waals surface area contributed by atoms with Gasteiger partial charge in [0, 0.05) is 17.0 Å². The first-order valence-corrected chi connectivity index (χ1v) is 6.24. The number of carbonyl (C=O) groups excluding carboxylic acids is 1. The van der Waals surface area contributed by atoms with Gasteiger partial charge in [-0.15, -0.1) is 10.2 Å². The van der Waals surface area contributed by atoms with Crippen molar-refractivity contribution in [2.75, 3.05) is 7.11 Å². The van der Waals surface area contributed by atoms with E-state index in [9.17, 15) is 9.18 Å². The first-order chi connectivity index (χ1) is 9.10. The molecule has 0 N–H and O–H groups in total. The zero-order valence-corrected chi connectivity index (χ0v) is 11.6. The third-order valence-corrected chi connectivity index (χ3v) is 3.24. The summed E-state index contributed by atoms with van der Waals surface area (Å²) in [6, 6.07) is 7.31. The number of hydrogen-bond acceptors (Lipinski definition) is 4. The van der Waals surface area contributed by atoms with Crippen LogP contribution in [0.4, 0.5) is 4.39 Å². The zero-order valence-electron chi connectivity index (χ0n) is 10.1. The number of methoxy groups -OCH3 is 1. The molecule has 0 radical (unpaired) electrons. The minimum atomic E-state index is -0.354. The van der Waals surface area contributed by atoms with Crippen LogP contribution in [0.15, 0.2) is 34.8 Å². The summed E-state index contributed by atoms with van der Waals surface area (Å²) < 4.78 is 18.4. The van der Waals surface area contributed by atoms with E-state index < -0.39 is 0 Å². The molecule has 0 saturated heterocycles. The topological polar surface area (TPSA) is 52.1 Å². The van der Waals surface area contributed by atoms with Crippen molar-refractivity contribution in [1.29, 1.82) is 0 Å². The van der Waals surface area contributed by atoms with Gasteiger partial charge >= 0.3 is 0 Å². The van der Waals surface area contributed by atoms with Gasteiger partial charge in [0.2, 0.25) is 5.88 Å². The van der Waals surface area contributed by atoms with Gasteiger partial charge in [0.1, 0.15) is 11.5 Å². The lowest BCUT2D eigenvalue weighted by Gasteiger charge is -2.04. The molecular weight excluding hydrogens is 315 g/mol. The molecule has 19 heavy (non-hydrogen) atoms. The van der Waals surface area contributed by atoms with Gasteiger partial charge in [-0.2, -0.15) is 0 Å². The van der Waals surface area contributed by atoms with E-state index in [4.69, 9.17) is 4.74 Å². The number of aromatic nitrogens is 2. The van der Waals surface area contributed by atoms with Gasteiger partial charge in [-0.1, -0.05) is 22.0 Å². The molecule has 0 spiro atoms. The largest absolute Gasteiger partial charge is 0.480 e. The summed E-state index contributed by atoms with van der Waals surface area (Å²) in [7, 11) is 1.47. The van der Waals surface area contributed by atoms with Crippen LogP contribution in [0.1, 0.15) is 16.1 Å². The lowest BCUT2D eigenvalue weighted by atomic mass is 10.1. The average molecular weight is 325 g/mol. The lowest BCUT2D eigenvalue weighted by molar-refractivity contribution is 0.0987. The molecule has 1 heterocycles. The van der Waals surface area contributed by atoms with Gasteiger partial charge in [0.25, 0.3) is 0 Å². The van der Waals surface area contributed by atoms with Crippen molar-refractivity contribution in [2.45, 2.75) is 6.42 Å². The third kappa shape index (κ3) is 3.35. The normalized spacial score (nSPS) is 10.3. The molecule has 0 aliphatic rings. The minimum absolute atomic E-state index is 0.127. The SMILES string of the molecule is COc1ccc(C(=O)Cc2ccc(F)cc2Br)nn1. The Morgan fingerprint density at radius 1 is 1.32 bits per heavy atom. The Labute approximate surface area is 117 Å². The summed E-state index contributed by atoms with van der Waals surface area (Å²) in [5.74, 6) is -0.200. The molecular formula is C13H10BrFN2O2. The van der Waals surface area contributed by atoms with Crippen molar-refractivity contribution in [1.82, 2.24) is 10.2 Å². The van der Waals surface area contributed by atoms with Crippen LogP contribution in [0.5, 0.6) is 5.88 Å². The van der Waals surface area contributed by atoms with Crippen LogP contribution in [-0.4, -0.2) is 23.1 Å². The van der Waals surface area contributed by atoms with Crippen LogP contribution in [0.3, 0.4) is 0 Å². The fraction of sp³-hybridized carbons (Fsp3) is 0.154. The highest BCUT2D eigenvalue weighted by Gasteiger charge is 2.12. The van der Waals surface area contributed by atoms with E-state index in [0.717, 1.165) is 0 Å². The molecule has 0 saturated carbocycles. The molecule has 4 nitrogen and oxygen atoms in total. The zero-order chi connectivity index (χ0) is 13.8. The van der Waals surface area contributed by atoms with Crippen LogP contribution in [0.25, 0.3) is 0 Å². The first kappa shape index (κ1) is 13.6. The molecule has 2 rings (SSSR count). The van der Waals surface area contributed by atoms with Gasteiger partial charge in [-0.3, -0.25) is 4.79 Å². The van der Waals surface area contributed by atoms with E-state index in [1.54, 1.807) is 18.2 Å². The summed E-state index contributed by atoms with van der Waals surface area (Å²) in [5, 5.41) is 7.51. The number of Topliss-reactive ketones (excluding diaryl/α,β-unsaturated/α-hetero) is 1. The van der Waals surface area contributed by atoms with Crippen LogP contribution in [0.2, 0.25) is 0 Å². The molecule has 0 bridgehead atoms. The first-order valence-electron chi connectivity index (χ1n) is 5.45. The molecule has 0 fully saturated rings. The predicted octanol–water partition coefficient (Wildman–Crippen LogP) is 2.81. The van der Waals surface area contributed by atoms with Crippen molar-refractivity contribution in [3.05, 3.63) is 51.9 Å². The maximum absolute atomic E-state index is 12.9. The van der Waals surface area contributed by atoms with Gasteiger partial charge in [0.15, 0.2) is 5.78 Å². The second-order valence-corrected chi connectivity index (χ2v) is 4.65. The molecule has 0 amide bonds. The number of benzene rings is 1. The van der Waals surface area contributed by atoms with Crippen molar-refractivity contribution in [3.63, 3.8) is 0 Å². The molecule has 0 atom stereocenters. The van der Waals surface area contributed by atoms with Crippen molar-refractivity contribution < 1.29 is 13.9 Å². The third-order valence-electron chi connectivity index (χ3n) is 2.50. The minimum Gasteiger partial charge on any atom is -0.480 e. The summed E-state index contributed by atoms with van der Waals surface area (Å²) in [6.45, 7) is 0. The fourth-order valence-electron chi connectivity index (χ4n) is 1.51. The number of halogens is 2. The smallest absolute Gasteiger partial charge is 0.233 e. The van der Waals surface area contributed by atoms with E-state index in [1.165, 1.54) is 19.2 Å². The molecule has 2 aromatic rings. The molecule has 98 valence electrons. The van der Waals surface area contributed by atoms with E-state index in [-0.39, 0.29) is 23.7 Å². The number of rotatable bonds is 4. The van der Waals surface area contributed by atoms with Crippen molar-refractivity contribution >= 4 is 21.7 Å². The maximum atomic E-state index is 12.9. The van der Waals surface area contributed by atoms with Gasteiger partial charge < -0.3 is 4.74 Å². The molecule has 6 heteroatoms. The van der Waals surface area contributed by atoms with Crippen molar-refractivity contribution in [3.8, 4) is 5.88 Å². The van der Waals surface area contributed by atoms with E-state index in [1.807, 2.05) is 0 Å². The highest BCUT2D eigenvalue weighted by molar-refractivity contribution is 9.10. The highest BCUT2D eigenvalue weighted by Crippen LogP contribution is 2.19.